The van der Waals surface area contributed by atoms with Crippen molar-refractivity contribution >= 4 is 0 Å². The highest BCUT2D eigenvalue weighted by Gasteiger charge is 1.99. The Morgan fingerprint density at radius 1 is 1.31 bits per heavy atom. The van der Waals surface area contributed by atoms with Gasteiger partial charge in [0.1, 0.15) is 12.4 Å². The molecule has 0 atom stereocenters. The largest absolute Gasteiger partial charge is 0.392 e. The molecule has 1 rings (SSSR count). The lowest BCUT2D eigenvalue weighted by atomic mass is 10.1. The first kappa shape index (κ1) is 9.72. The van der Waals surface area contributed by atoms with E-state index in [0.717, 1.165) is 0 Å². The quantitative estimate of drug-likeness (QED) is 0.623. The molecule has 0 aliphatic heterocycles. The summed E-state index contributed by atoms with van der Waals surface area (Å²) in [5.41, 5.74) is 0.735. The first-order valence-electron chi connectivity index (χ1n) is 3.77. The molecule has 13 heavy (non-hydrogen) atoms. The fraction of sp³-hybridized carbons (Fsp3) is 0.200. The zero-order valence-electron chi connectivity index (χ0n) is 6.92. The number of aliphatic hydroxyl groups excluding tert-OH is 2. The molecule has 0 amide bonds. The fourth-order valence-electron chi connectivity index (χ4n) is 0.893. The lowest BCUT2D eigenvalue weighted by Gasteiger charge is -1.97. The highest BCUT2D eigenvalue weighted by Crippen LogP contribution is 2.08. The Labute approximate surface area is 75.6 Å². The second kappa shape index (κ2) is 4.61. The molecule has 0 spiro atoms. The Bertz CT molecular complexity index is 350. The molecule has 1 aromatic rings. The third-order valence-electron chi connectivity index (χ3n) is 1.52. The molecule has 2 N–H and O–H groups in total. The molecule has 1 aromatic carbocycles. The minimum absolute atomic E-state index is 0.190. The molecule has 0 fully saturated rings. The lowest BCUT2D eigenvalue weighted by molar-refractivity contribution is 0.281. The van der Waals surface area contributed by atoms with Crippen molar-refractivity contribution in [3.8, 4) is 11.8 Å². The van der Waals surface area contributed by atoms with Crippen molar-refractivity contribution in [1.82, 2.24) is 0 Å². The first-order chi connectivity index (χ1) is 6.27. The van der Waals surface area contributed by atoms with Gasteiger partial charge in [0.2, 0.25) is 0 Å². The SMILES string of the molecule is OCC#Cc1ccc(CO)cc1F. The predicted molar refractivity (Wildman–Crippen MR) is 46.3 cm³/mol. The summed E-state index contributed by atoms with van der Waals surface area (Å²) in [6.45, 7) is -0.480. The molecule has 0 saturated heterocycles. The van der Waals surface area contributed by atoms with Gasteiger partial charge in [-0.1, -0.05) is 17.9 Å². The van der Waals surface area contributed by atoms with Gasteiger partial charge < -0.3 is 10.2 Å². The number of hydrogen-bond acceptors (Lipinski definition) is 2. The van der Waals surface area contributed by atoms with E-state index < -0.39 is 5.82 Å². The van der Waals surface area contributed by atoms with Gasteiger partial charge in [-0.15, -0.1) is 0 Å². The number of halogens is 1. The third kappa shape index (κ3) is 2.55. The second-order valence-electron chi connectivity index (χ2n) is 2.43. The molecule has 0 aliphatic carbocycles. The molecule has 0 radical (unpaired) electrons. The van der Waals surface area contributed by atoms with Crippen molar-refractivity contribution in [2.45, 2.75) is 6.61 Å². The van der Waals surface area contributed by atoms with Gasteiger partial charge in [-0.05, 0) is 17.7 Å². The van der Waals surface area contributed by atoms with Crippen molar-refractivity contribution in [2.24, 2.45) is 0 Å². The smallest absolute Gasteiger partial charge is 0.139 e. The van der Waals surface area contributed by atoms with Crippen LogP contribution in [0, 0.1) is 17.7 Å². The van der Waals surface area contributed by atoms with Crippen molar-refractivity contribution < 1.29 is 14.6 Å². The summed E-state index contributed by atoms with van der Waals surface area (Å²) < 4.78 is 13.1. The van der Waals surface area contributed by atoms with Crippen LogP contribution in [0.2, 0.25) is 0 Å². The summed E-state index contributed by atoms with van der Waals surface area (Å²) in [5, 5.41) is 17.1. The molecule has 0 saturated carbocycles. The molecule has 0 unspecified atom stereocenters. The summed E-state index contributed by atoms with van der Waals surface area (Å²) in [4.78, 5) is 0. The maximum Gasteiger partial charge on any atom is 0.139 e. The van der Waals surface area contributed by atoms with E-state index >= 15 is 0 Å². The third-order valence-corrected chi connectivity index (χ3v) is 1.52. The van der Waals surface area contributed by atoms with E-state index in [2.05, 4.69) is 11.8 Å². The van der Waals surface area contributed by atoms with Crippen LogP contribution in [0.25, 0.3) is 0 Å². The second-order valence-corrected chi connectivity index (χ2v) is 2.43. The van der Waals surface area contributed by atoms with Crippen LogP contribution < -0.4 is 0 Å². The lowest BCUT2D eigenvalue weighted by Crippen LogP contribution is -1.89. The van der Waals surface area contributed by atoms with Crippen LogP contribution in [-0.4, -0.2) is 16.8 Å². The maximum atomic E-state index is 13.1. The molecule has 0 aliphatic rings. The van der Waals surface area contributed by atoms with Gasteiger partial charge in [-0.25, -0.2) is 4.39 Å². The molecular weight excluding hydrogens is 171 g/mol. The molecule has 2 nitrogen and oxygen atoms in total. The summed E-state index contributed by atoms with van der Waals surface area (Å²) in [7, 11) is 0. The van der Waals surface area contributed by atoms with Gasteiger partial charge in [0, 0.05) is 0 Å². The minimum Gasteiger partial charge on any atom is -0.392 e. The van der Waals surface area contributed by atoms with E-state index in [1.54, 1.807) is 6.07 Å². The Morgan fingerprint density at radius 2 is 2.08 bits per heavy atom. The van der Waals surface area contributed by atoms with E-state index in [1.165, 1.54) is 12.1 Å². The van der Waals surface area contributed by atoms with Crippen LogP contribution in [0.3, 0.4) is 0 Å². The fourth-order valence-corrected chi connectivity index (χ4v) is 0.893. The van der Waals surface area contributed by atoms with Crippen molar-refractivity contribution in [3.05, 3.63) is 35.1 Å². The Balaban J connectivity index is 2.98. The van der Waals surface area contributed by atoms with Crippen LogP contribution >= 0.6 is 0 Å². The van der Waals surface area contributed by atoms with Crippen LogP contribution in [0.15, 0.2) is 18.2 Å². The number of aliphatic hydroxyl groups is 2. The average Bonchev–Trinajstić information content (AvgIpc) is 2.16. The van der Waals surface area contributed by atoms with E-state index in [-0.39, 0.29) is 18.8 Å². The highest BCUT2D eigenvalue weighted by molar-refractivity contribution is 5.37. The number of benzene rings is 1. The van der Waals surface area contributed by atoms with E-state index in [4.69, 9.17) is 10.2 Å². The van der Waals surface area contributed by atoms with Gasteiger partial charge in [-0.3, -0.25) is 0 Å². The van der Waals surface area contributed by atoms with Gasteiger partial charge in [0.25, 0.3) is 0 Å². The van der Waals surface area contributed by atoms with Gasteiger partial charge in [0.05, 0.1) is 12.2 Å². The predicted octanol–water partition coefficient (Wildman–Crippen LogP) is 0.662. The van der Waals surface area contributed by atoms with Crippen LogP contribution in [0.1, 0.15) is 11.1 Å². The van der Waals surface area contributed by atoms with E-state index in [1.807, 2.05) is 0 Å². The topological polar surface area (TPSA) is 40.5 Å². The van der Waals surface area contributed by atoms with Gasteiger partial charge in [0.15, 0.2) is 0 Å². The molecule has 3 heteroatoms. The van der Waals surface area contributed by atoms with Crippen molar-refractivity contribution in [3.63, 3.8) is 0 Å². The summed E-state index contributed by atoms with van der Waals surface area (Å²) in [5.74, 6) is 4.32. The van der Waals surface area contributed by atoms with Crippen LogP contribution in [0.4, 0.5) is 4.39 Å². The summed E-state index contributed by atoms with van der Waals surface area (Å²) in [6, 6.07) is 4.29. The van der Waals surface area contributed by atoms with Crippen molar-refractivity contribution in [1.29, 1.82) is 0 Å². The molecular formula is C10H9FO2. The Kier molecular flexibility index (Phi) is 3.44. The van der Waals surface area contributed by atoms with Gasteiger partial charge in [-0.2, -0.15) is 0 Å². The normalized spacial score (nSPS) is 9.15. The molecule has 0 aromatic heterocycles. The molecule has 0 heterocycles. The zero-order chi connectivity index (χ0) is 9.68. The maximum absolute atomic E-state index is 13.1. The highest BCUT2D eigenvalue weighted by atomic mass is 19.1. The van der Waals surface area contributed by atoms with Crippen molar-refractivity contribution in [2.75, 3.05) is 6.61 Å². The monoisotopic (exact) mass is 180 g/mol. The number of rotatable bonds is 1. The zero-order valence-corrected chi connectivity index (χ0v) is 6.92. The number of hydrogen-bond donors (Lipinski definition) is 2. The van der Waals surface area contributed by atoms with Crippen LogP contribution in [0.5, 0.6) is 0 Å². The molecule has 68 valence electrons. The van der Waals surface area contributed by atoms with E-state index in [0.29, 0.717) is 5.56 Å². The summed E-state index contributed by atoms with van der Waals surface area (Å²) >= 11 is 0. The summed E-state index contributed by atoms with van der Waals surface area (Å²) in [6.07, 6.45) is 0. The Morgan fingerprint density at radius 3 is 2.62 bits per heavy atom. The van der Waals surface area contributed by atoms with Gasteiger partial charge >= 0.3 is 0 Å². The van der Waals surface area contributed by atoms with E-state index in [9.17, 15) is 4.39 Å². The standard InChI is InChI=1S/C10H9FO2/c11-10-6-8(7-13)3-4-9(10)2-1-5-12/h3-4,6,12-13H,5,7H2. The first-order valence-corrected chi connectivity index (χ1v) is 3.77. The van der Waals surface area contributed by atoms with Crippen LogP contribution in [-0.2, 0) is 6.61 Å². The molecule has 0 bridgehead atoms. The average molecular weight is 180 g/mol. The minimum atomic E-state index is -0.479. The Hall–Kier alpha value is -1.37.